The minimum absolute atomic E-state index is 0.0977. The summed E-state index contributed by atoms with van der Waals surface area (Å²) in [6.07, 6.45) is -1.51. The Kier molecular flexibility index (Phi) is 7.76. The summed E-state index contributed by atoms with van der Waals surface area (Å²) < 4.78 is 14.1. The van der Waals surface area contributed by atoms with E-state index in [1.165, 1.54) is 0 Å². The molecule has 0 saturated carbocycles. The molecule has 0 aliphatic carbocycles. The number of ether oxygens (including phenoxy) is 3. The lowest BCUT2D eigenvalue weighted by Crippen LogP contribution is -2.45. The predicted molar refractivity (Wildman–Crippen MR) is 75.7 cm³/mol. The van der Waals surface area contributed by atoms with Crippen molar-refractivity contribution in [3.05, 3.63) is 0 Å². The summed E-state index contributed by atoms with van der Waals surface area (Å²) in [5, 5.41) is 2.41. The molecule has 0 heterocycles. The molecule has 0 spiro atoms. The highest BCUT2D eigenvalue weighted by Gasteiger charge is 2.28. The summed E-state index contributed by atoms with van der Waals surface area (Å²) in [5.41, 5.74) is -0.683. The standard InChI is InChI=1S/C14H25NO6/c1-7-19-13(18)20-11(16)10(8-9(2)3)15-12(17)21-14(4,5)6/h9-10H,7-8H2,1-6H3,(H,15,17)/t10-/m0/s1. The third-order valence-corrected chi connectivity index (χ3v) is 2.13. The molecule has 0 saturated heterocycles. The third-order valence-electron chi connectivity index (χ3n) is 2.13. The van der Waals surface area contributed by atoms with Crippen LogP contribution in [0, 0.1) is 5.92 Å². The summed E-state index contributed by atoms with van der Waals surface area (Å²) in [4.78, 5) is 34.7. The van der Waals surface area contributed by atoms with E-state index in [9.17, 15) is 14.4 Å². The van der Waals surface area contributed by atoms with Crippen LogP contribution in [0.2, 0.25) is 0 Å². The lowest BCUT2D eigenvalue weighted by molar-refractivity contribution is -0.142. The van der Waals surface area contributed by atoms with Gasteiger partial charge in [-0.05, 0) is 40.0 Å². The van der Waals surface area contributed by atoms with Crippen molar-refractivity contribution in [2.45, 2.75) is 59.6 Å². The molecule has 0 radical (unpaired) electrons. The molecule has 0 aromatic rings. The smallest absolute Gasteiger partial charge is 0.444 e. The molecule has 0 aromatic carbocycles. The van der Waals surface area contributed by atoms with Crippen molar-refractivity contribution < 1.29 is 28.6 Å². The fourth-order valence-electron chi connectivity index (χ4n) is 1.44. The Morgan fingerprint density at radius 2 is 1.71 bits per heavy atom. The molecule has 1 amide bonds. The molecule has 0 aliphatic rings. The van der Waals surface area contributed by atoms with Gasteiger partial charge in [-0.3, -0.25) is 0 Å². The first-order valence-electron chi connectivity index (χ1n) is 6.93. The maximum absolute atomic E-state index is 11.9. The van der Waals surface area contributed by atoms with Gasteiger partial charge >= 0.3 is 18.2 Å². The number of esters is 1. The number of nitrogens with one attached hydrogen (secondary N) is 1. The first-order valence-corrected chi connectivity index (χ1v) is 6.93. The highest BCUT2D eigenvalue weighted by Crippen LogP contribution is 2.10. The van der Waals surface area contributed by atoms with Crippen LogP contribution >= 0.6 is 0 Å². The molecule has 7 nitrogen and oxygen atoms in total. The van der Waals surface area contributed by atoms with Crippen molar-refractivity contribution in [3.8, 4) is 0 Å². The zero-order valence-electron chi connectivity index (χ0n) is 13.5. The third kappa shape index (κ3) is 9.70. The van der Waals surface area contributed by atoms with Crippen LogP contribution in [-0.4, -0.2) is 36.5 Å². The van der Waals surface area contributed by atoms with Crippen molar-refractivity contribution >= 4 is 18.2 Å². The number of hydrogen-bond acceptors (Lipinski definition) is 6. The quantitative estimate of drug-likeness (QED) is 0.620. The Bertz CT molecular complexity index is 372. The summed E-state index contributed by atoms with van der Waals surface area (Å²) in [6.45, 7) is 10.6. The van der Waals surface area contributed by atoms with E-state index in [1.807, 2.05) is 13.8 Å². The monoisotopic (exact) mass is 303 g/mol. The topological polar surface area (TPSA) is 90.9 Å². The molecular formula is C14H25NO6. The van der Waals surface area contributed by atoms with E-state index >= 15 is 0 Å². The minimum atomic E-state index is -1.08. The number of amides is 1. The van der Waals surface area contributed by atoms with Crippen LogP contribution in [0.5, 0.6) is 0 Å². The minimum Gasteiger partial charge on any atom is -0.444 e. The summed E-state index contributed by atoms with van der Waals surface area (Å²) in [5.74, 6) is -0.757. The Hall–Kier alpha value is -1.79. The predicted octanol–water partition coefficient (Wildman–Crippen LogP) is 2.63. The molecular weight excluding hydrogens is 278 g/mol. The van der Waals surface area contributed by atoms with Crippen molar-refractivity contribution in [1.82, 2.24) is 5.32 Å². The van der Waals surface area contributed by atoms with Crippen LogP contribution in [0.25, 0.3) is 0 Å². The normalized spacial score (nSPS) is 12.5. The first kappa shape index (κ1) is 19.2. The number of carbonyl (C=O) groups is 3. The van der Waals surface area contributed by atoms with Crippen LogP contribution in [0.3, 0.4) is 0 Å². The van der Waals surface area contributed by atoms with E-state index in [-0.39, 0.29) is 12.5 Å². The van der Waals surface area contributed by atoms with Gasteiger partial charge in [-0.1, -0.05) is 13.8 Å². The number of hydrogen-bond donors (Lipinski definition) is 1. The number of carbonyl (C=O) groups excluding carboxylic acids is 3. The second-order valence-electron chi connectivity index (χ2n) is 5.93. The molecule has 0 unspecified atom stereocenters. The van der Waals surface area contributed by atoms with Gasteiger partial charge in [0.2, 0.25) is 0 Å². The van der Waals surface area contributed by atoms with E-state index in [0.29, 0.717) is 6.42 Å². The molecule has 0 rings (SSSR count). The van der Waals surface area contributed by atoms with Crippen LogP contribution in [0.15, 0.2) is 0 Å². The zero-order chi connectivity index (χ0) is 16.6. The number of alkyl carbamates (subject to hydrolysis) is 1. The van der Waals surface area contributed by atoms with Crippen LogP contribution in [0.1, 0.15) is 48.0 Å². The van der Waals surface area contributed by atoms with E-state index < -0.39 is 29.9 Å². The molecule has 0 aromatic heterocycles. The first-order chi connectivity index (χ1) is 9.55. The fraction of sp³-hybridized carbons (Fsp3) is 0.786. The van der Waals surface area contributed by atoms with Crippen molar-refractivity contribution in [3.63, 3.8) is 0 Å². The molecule has 1 atom stereocenters. The molecule has 0 aliphatic heterocycles. The lowest BCUT2D eigenvalue weighted by Gasteiger charge is -2.23. The molecule has 0 bridgehead atoms. The van der Waals surface area contributed by atoms with Gasteiger partial charge in [0.15, 0.2) is 0 Å². The summed E-state index contributed by atoms with van der Waals surface area (Å²) in [7, 11) is 0. The fourth-order valence-corrected chi connectivity index (χ4v) is 1.44. The van der Waals surface area contributed by atoms with Gasteiger partial charge in [-0.15, -0.1) is 0 Å². The van der Waals surface area contributed by atoms with Crippen molar-refractivity contribution in [2.24, 2.45) is 5.92 Å². The zero-order valence-corrected chi connectivity index (χ0v) is 13.5. The molecule has 122 valence electrons. The van der Waals surface area contributed by atoms with E-state index in [1.54, 1.807) is 27.7 Å². The SMILES string of the molecule is CCOC(=O)OC(=O)[C@H](CC(C)C)NC(=O)OC(C)(C)C. The highest BCUT2D eigenvalue weighted by molar-refractivity contribution is 5.88. The highest BCUT2D eigenvalue weighted by atomic mass is 16.7. The molecule has 1 N–H and O–H groups in total. The second-order valence-corrected chi connectivity index (χ2v) is 5.93. The summed E-state index contributed by atoms with van der Waals surface area (Å²) >= 11 is 0. The second kappa shape index (κ2) is 8.49. The number of rotatable bonds is 5. The van der Waals surface area contributed by atoms with Gasteiger partial charge in [0.1, 0.15) is 11.6 Å². The van der Waals surface area contributed by atoms with Gasteiger partial charge in [0.05, 0.1) is 6.61 Å². The summed E-state index contributed by atoms with van der Waals surface area (Å²) in [6, 6.07) is -0.968. The maximum atomic E-state index is 11.9. The Balaban J connectivity index is 4.68. The van der Waals surface area contributed by atoms with Crippen LogP contribution in [0.4, 0.5) is 9.59 Å². The Morgan fingerprint density at radius 3 is 2.14 bits per heavy atom. The van der Waals surface area contributed by atoms with Crippen LogP contribution in [-0.2, 0) is 19.0 Å². The van der Waals surface area contributed by atoms with E-state index in [2.05, 4.69) is 14.8 Å². The van der Waals surface area contributed by atoms with Gasteiger partial charge in [0.25, 0.3) is 0 Å². The molecule has 21 heavy (non-hydrogen) atoms. The van der Waals surface area contributed by atoms with Gasteiger partial charge < -0.3 is 19.5 Å². The van der Waals surface area contributed by atoms with Crippen molar-refractivity contribution in [2.75, 3.05) is 6.61 Å². The Labute approximate surface area is 125 Å². The molecule has 7 heteroatoms. The average Bonchev–Trinajstić information content (AvgIpc) is 2.24. The maximum Gasteiger partial charge on any atom is 0.516 e. The van der Waals surface area contributed by atoms with Gasteiger partial charge in [-0.2, -0.15) is 0 Å². The van der Waals surface area contributed by atoms with Gasteiger partial charge in [-0.25, -0.2) is 14.4 Å². The molecule has 0 fully saturated rings. The Morgan fingerprint density at radius 1 is 1.14 bits per heavy atom. The van der Waals surface area contributed by atoms with Crippen LogP contribution < -0.4 is 5.32 Å². The lowest BCUT2D eigenvalue weighted by atomic mass is 10.0. The van der Waals surface area contributed by atoms with E-state index in [4.69, 9.17) is 4.74 Å². The largest absolute Gasteiger partial charge is 0.516 e. The van der Waals surface area contributed by atoms with Crippen molar-refractivity contribution in [1.29, 1.82) is 0 Å². The average molecular weight is 303 g/mol. The van der Waals surface area contributed by atoms with Gasteiger partial charge in [0, 0.05) is 0 Å². The van der Waals surface area contributed by atoms with E-state index in [0.717, 1.165) is 0 Å².